The van der Waals surface area contributed by atoms with E-state index in [1.165, 1.54) is 19.3 Å². The van der Waals surface area contributed by atoms with Gasteiger partial charge in [0.2, 0.25) is 0 Å². The summed E-state index contributed by atoms with van der Waals surface area (Å²) in [5.74, 6) is 1.73. The lowest BCUT2D eigenvalue weighted by atomic mass is 9.92. The molecule has 2 aromatic heterocycles. The molecule has 1 aromatic carbocycles. The second-order valence-corrected chi connectivity index (χ2v) is 9.88. The van der Waals surface area contributed by atoms with Gasteiger partial charge in [0.1, 0.15) is 10.7 Å². The molecular formula is C25H34N4OS. The van der Waals surface area contributed by atoms with E-state index in [0.29, 0.717) is 6.54 Å². The van der Waals surface area contributed by atoms with Crippen LogP contribution in [0.5, 0.6) is 0 Å². The van der Waals surface area contributed by atoms with Crippen LogP contribution in [0.15, 0.2) is 46.6 Å². The minimum absolute atomic E-state index is 0.0874. The summed E-state index contributed by atoms with van der Waals surface area (Å²) in [5, 5.41) is 2.72. The van der Waals surface area contributed by atoms with E-state index < -0.39 is 0 Å². The topological polar surface area (TPSA) is 41.4 Å². The Bertz CT molecular complexity index is 1030. The van der Waals surface area contributed by atoms with Gasteiger partial charge in [0.15, 0.2) is 0 Å². The van der Waals surface area contributed by atoms with Crippen molar-refractivity contribution in [3.63, 3.8) is 0 Å². The first kappa shape index (κ1) is 22.2. The molecule has 1 aliphatic heterocycles. The number of likely N-dealkylation sites (tertiary alicyclic amines) is 1. The number of thiophene rings is 1. The predicted octanol–water partition coefficient (Wildman–Crippen LogP) is 4.62. The molecule has 3 aromatic rings. The summed E-state index contributed by atoms with van der Waals surface area (Å²) in [5.41, 5.74) is 1.23. The molecule has 0 N–H and O–H groups in total. The fourth-order valence-corrected chi connectivity index (χ4v) is 5.50. The SMILES string of the molecule is CCC(c1nc2sccc2c(=O)n1Cc1ccccc1)N1CCC(CCN(C)C)CC1. The lowest BCUT2D eigenvalue weighted by Crippen LogP contribution is -2.40. The van der Waals surface area contributed by atoms with Crippen LogP contribution in [0.3, 0.4) is 0 Å². The van der Waals surface area contributed by atoms with Crippen molar-refractivity contribution >= 4 is 21.6 Å². The molecule has 0 bridgehead atoms. The van der Waals surface area contributed by atoms with Crippen molar-refractivity contribution in [2.75, 3.05) is 33.7 Å². The minimum Gasteiger partial charge on any atom is -0.309 e. The van der Waals surface area contributed by atoms with Crippen LogP contribution in [0.2, 0.25) is 0 Å². The van der Waals surface area contributed by atoms with E-state index in [1.54, 1.807) is 11.3 Å². The van der Waals surface area contributed by atoms with E-state index in [-0.39, 0.29) is 11.6 Å². The van der Waals surface area contributed by atoms with Crippen LogP contribution < -0.4 is 5.56 Å². The van der Waals surface area contributed by atoms with E-state index in [2.05, 4.69) is 43.0 Å². The van der Waals surface area contributed by atoms with Crippen molar-refractivity contribution in [2.24, 2.45) is 5.92 Å². The normalized spacial score (nSPS) is 16.9. The predicted molar refractivity (Wildman–Crippen MR) is 130 cm³/mol. The van der Waals surface area contributed by atoms with Gasteiger partial charge in [-0.15, -0.1) is 11.3 Å². The largest absolute Gasteiger partial charge is 0.309 e. The Morgan fingerprint density at radius 3 is 2.58 bits per heavy atom. The molecule has 1 saturated heterocycles. The molecule has 0 radical (unpaired) electrons. The van der Waals surface area contributed by atoms with Gasteiger partial charge in [0, 0.05) is 0 Å². The summed E-state index contributed by atoms with van der Waals surface area (Å²) >= 11 is 1.57. The number of piperidine rings is 1. The van der Waals surface area contributed by atoms with Crippen LogP contribution in [0.4, 0.5) is 0 Å². The highest BCUT2D eigenvalue weighted by atomic mass is 32.1. The van der Waals surface area contributed by atoms with Crippen molar-refractivity contribution in [3.05, 3.63) is 63.5 Å². The molecule has 0 saturated carbocycles. The smallest absolute Gasteiger partial charge is 0.262 e. The molecule has 6 heteroatoms. The number of nitrogens with zero attached hydrogens (tertiary/aromatic N) is 4. The second-order valence-electron chi connectivity index (χ2n) is 8.98. The molecule has 1 atom stereocenters. The maximum atomic E-state index is 13.4. The molecule has 31 heavy (non-hydrogen) atoms. The Labute approximate surface area is 189 Å². The molecule has 0 spiro atoms. The number of hydrogen-bond acceptors (Lipinski definition) is 5. The van der Waals surface area contributed by atoms with Gasteiger partial charge in [-0.05, 0) is 82.3 Å². The van der Waals surface area contributed by atoms with Crippen LogP contribution in [-0.4, -0.2) is 53.1 Å². The molecule has 1 fully saturated rings. The van der Waals surface area contributed by atoms with Gasteiger partial charge < -0.3 is 4.90 Å². The third-order valence-corrected chi connectivity index (χ3v) is 7.36. The van der Waals surface area contributed by atoms with Crippen LogP contribution >= 0.6 is 11.3 Å². The summed E-state index contributed by atoms with van der Waals surface area (Å²) in [7, 11) is 4.31. The Hall–Kier alpha value is -2.02. The fraction of sp³-hybridized carbons (Fsp3) is 0.520. The molecule has 5 nitrogen and oxygen atoms in total. The average molecular weight is 439 g/mol. The molecule has 0 amide bonds. The summed E-state index contributed by atoms with van der Waals surface area (Å²) in [6.07, 6.45) is 4.69. The van der Waals surface area contributed by atoms with E-state index in [9.17, 15) is 4.79 Å². The molecule has 1 unspecified atom stereocenters. The van der Waals surface area contributed by atoms with Crippen molar-refractivity contribution < 1.29 is 0 Å². The summed E-state index contributed by atoms with van der Waals surface area (Å²) in [4.78, 5) is 24.2. The Kier molecular flexibility index (Phi) is 7.20. The summed E-state index contributed by atoms with van der Waals surface area (Å²) in [6.45, 7) is 6.12. The maximum absolute atomic E-state index is 13.4. The molecule has 166 valence electrons. The van der Waals surface area contributed by atoms with Crippen LogP contribution in [0, 0.1) is 5.92 Å². The monoisotopic (exact) mass is 438 g/mol. The second kappa shape index (κ2) is 10.1. The third kappa shape index (κ3) is 5.08. The summed E-state index contributed by atoms with van der Waals surface area (Å²) < 4.78 is 1.93. The highest BCUT2D eigenvalue weighted by molar-refractivity contribution is 7.16. The first-order valence-electron chi connectivity index (χ1n) is 11.5. The molecule has 0 aliphatic carbocycles. The number of hydrogen-bond donors (Lipinski definition) is 0. The number of aromatic nitrogens is 2. The Morgan fingerprint density at radius 2 is 1.90 bits per heavy atom. The zero-order valence-corrected chi connectivity index (χ0v) is 19.8. The van der Waals surface area contributed by atoms with Gasteiger partial charge in [-0.2, -0.15) is 0 Å². The lowest BCUT2D eigenvalue weighted by Gasteiger charge is -2.37. The minimum atomic E-state index is 0.0874. The average Bonchev–Trinajstić information content (AvgIpc) is 3.26. The molecule has 3 heterocycles. The highest BCUT2D eigenvalue weighted by Gasteiger charge is 2.29. The van der Waals surface area contributed by atoms with Crippen molar-refractivity contribution in [1.29, 1.82) is 0 Å². The van der Waals surface area contributed by atoms with Gasteiger partial charge in [0.25, 0.3) is 5.56 Å². The van der Waals surface area contributed by atoms with Crippen molar-refractivity contribution in [2.45, 2.75) is 45.2 Å². The van der Waals surface area contributed by atoms with Crippen LogP contribution in [0.1, 0.15) is 50.0 Å². The van der Waals surface area contributed by atoms with Crippen LogP contribution in [-0.2, 0) is 6.54 Å². The van der Waals surface area contributed by atoms with Crippen molar-refractivity contribution in [1.82, 2.24) is 19.4 Å². The third-order valence-electron chi connectivity index (χ3n) is 6.56. The van der Waals surface area contributed by atoms with Crippen molar-refractivity contribution in [3.8, 4) is 0 Å². The van der Waals surface area contributed by atoms with E-state index >= 15 is 0 Å². The molecule has 4 rings (SSSR count). The van der Waals surface area contributed by atoms with E-state index in [0.717, 1.165) is 53.6 Å². The number of benzene rings is 1. The zero-order valence-electron chi connectivity index (χ0n) is 19.0. The lowest BCUT2D eigenvalue weighted by molar-refractivity contribution is 0.115. The first-order valence-corrected chi connectivity index (χ1v) is 12.4. The Balaban J connectivity index is 1.62. The Morgan fingerprint density at radius 1 is 1.16 bits per heavy atom. The summed E-state index contributed by atoms with van der Waals surface area (Å²) in [6, 6.07) is 12.4. The standard InChI is InChI=1S/C25H34N4OS/c1-4-22(28-15-11-19(12-16-28)10-14-27(2)3)23-26-24-21(13-17-31-24)25(30)29(23)18-20-8-6-5-7-9-20/h5-9,13,17,19,22H,4,10-12,14-16,18H2,1-3H3. The fourth-order valence-electron chi connectivity index (χ4n) is 4.74. The van der Waals surface area contributed by atoms with Gasteiger partial charge in [-0.25, -0.2) is 4.98 Å². The zero-order chi connectivity index (χ0) is 21.8. The van der Waals surface area contributed by atoms with Gasteiger partial charge in [-0.1, -0.05) is 37.3 Å². The number of fused-ring (bicyclic) bond motifs is 1. The van der Waals surface area contributed by atoms with Gasteiger partial charge in [0.05, 0.1) is 18.0 Å². The number of rotatable bonds is 8. The maximum Gasteiger partial charge on any atom is 0.262 e. The van der Waals surface area contributed by atoms with Gasteiger partial charge >= 0.3 is 0 Å². The van der Waals surface area contributed by atoms with E-state index in [4.69, 9.17) is 4.98 Å². The quantitative estimate of drug-likeness (QED) is 0.515. The van der Waals surface area contributed by atoms with E-state index in [1.807, 2.05) is 34.2 Å². The highest BCUT2D eigenvalue weighted by Crippen LogP contribution is 2.30. The molecular weight excluding hydrogens is 404 g/mol. The molecule has 1 aliphatic rings. The van der Waals surface area contributed by atoms with Gasteiger partial charge in [-0.3, -0.25) is 14.3 Å². The first-order chi connectivity index (χ1) is 15.1. The van der Waals surface area contributed by atoms with Crippen LogP contribution in [0.25, 0.3) is 10.2 Å².